The van der Waals surface area contributed by atoms with Gasteiger partial charge in [0.2, 0.25) is 6.79 Å². The zero-order valence-electron chi connectivity index (χ0n) is 21.1. The maximum Gasteiger partial charge on any atom is 0.417 e. The summed E-state index contributed by atoms with van der Waals surface area (Å²) in [4.78, 5) is 38.9. The van der Waals surface area contributed by atoms with Crippen LogP contribution in [0.25, 0.3) is 11.0 Å². The Labute approximate surface area is 220 Å². The standard InChI is InChI=1S/C27H25F3N2O7/c1-3-5-17-19(9-7-16-18(27(28,29)30)13-22(33)39-23(16)17)36-11-4-10-32-24(34)26(2,31-25(32)35)15-6-8-20-21(12-15)38-14-37-20/h6-9,12-13H,3-5,10-11,14H2,1-2H3,(H,31,35). The lowest BCUT2D eigenvalue weighted by molar-refractivity contribution is -0.136. The first-order valence-electron chi connectivity index (χ1n) is 12.4. The summed E-state index contributed by atoms with van der Waals surface area (Å²) in [6.07, 6.45) is -3.58. The van der Waals surface area contributed by atoms with Gasteiger partial charge in [-0.1, -0.05) is 19.4 Å². The number of rotatable bonds is 8. The second-order valence-electron chi connectivity index (χ2n) is 9.43. The van der Waals surface area contributed by atoms with Crippen molar-refractivity contribution in [2.24, 2.45) is 0 Å². The number of nitrogens with one attached hydrogen (secondary N) is 1. The van der Waals surface area contributed by atoms with Crippen molar-refractivity contribution in [3.63, 3.8) is 0 Å². The molecular weight excluding hydrogens is 521 g/mol. The van der Waals surface area contributed by atoms with E-state index in [-0.39, 0.29) is 43.1 Å². The third kappa shape index (κ3) is 4.75. The fourth-order valence-electron chi connectivity index (χ4n) is 4.83. The number of aryl methyl sites for hydroxylation is 1. The molecule has 0 saturated carbocycles. The van der Waals surface area contributed by atoms with Crippen molar-refractivity contribution < 1.29 is 41.4 Å². The van der Waals surface area contributed by atoms with E-state index in [0.717, 1.165) is 4.90 Å². The topological polar surface area (TPSA) is 107 Å². The van der Waals surface area contributed by atoms with Gasteiger partial charge in [0.25, 0.3) is 5.91 Å². The molecule has 3 amide bonds. The highest BCUT2D eigenvalue weighted by molar-refractivity contribution is 6.07. The SMILES string of the molecule is CCCc1c(OCCCN2C(=O)NC(C)(c3ccc4c(c3)OCO4)C2=O)ccc2c(C(F)(F)F)cc(=O)oc12. The number of hydrogen-bond donors (Lipinski definition) is 1. The third-order valence-corrected chi connectivity index (χ3v) is 6.79. The summed E-state index contributed by atoms with van der Waals surface area (Å²) < 4.78 is 62.2. The molecule has 5 rings (SSSR count). The minimum atomic E-state index is -4.72. The number of alkyl halides is 3. The molecule has 2 aliphatic rings. The maximum atomic E-state index is 13.5. The summed E-state index contributed by atoms with van der Waals surface area (Å²) in [6, 6.07) is 7.53. The quantitative estimate of drug-likeness (QED) is 0.247. The molecule has 1 atom stereocenters. The summed E-state index contributed by atoms with van der Waals surface area (Å²) in [5, 5.41) is 2.51. The number of halogens is 3. The number of benzene rings is 2. The summed E-state index contributed by atoms with van der Waals surface area (Å²) in [7, 11) is 0. The van der Waals surface area contributed by atoms with Crippen molar-refractivity contribution in [2.45, 2.75) is 44.8 Å². The second-order valence-corrected chi connectivity index (χ2v) is 9.43. The molecule has 3 heterocycles. The van der Waals surface area contributed by atoms with Crippen LogP contribution in [0.2, 0.25) is 0 Å². The Kier molecular flexibility index (Phi) is 6.65. The maximum absolute atomic E-state index is 13.5. The van der Waals surface area contributed by atoms with Crippen LogP contribution in [0.4, 0.5) is 18.0 Å². The molecule has 2 aliphatic heterocycles. The van der Waals surface area contributed by atoms with Gasteiger partial charge in [0.15, 0.2) is 11.5 Å². The van der Waals surface area contributed by atoms with Crippen molar-refractivity contribution in [1.29, 1.82) is 0 Å². The van der Waals surface area contributed by atoms with Crippen LogP contribution in [-0.2, 0) is 22.9 Å². The van der Waals surface area contributed by atoms with E-state index in [4.69, 9.17) is 18.6 Å². The number of nitrogens with zero attached hydrogens (tertiary/aromatic N) is 1. The summed E-state index contributed by atoms with van der Waals surface area (Å²) in [5.74, 6) is 0.872. The molecule has 39 heavy (non-hydrogen) atoms. The van der Waals surface area contributed by atoms with Crippen LogP contribution in [0.1, 0.15) is 43.4 Å². The number of carbonyl (C=O) groups is 2. The molecule has 2 aromatic carbocycles. The van der Waals surface area contributed by atoms with Crippen LogP contribution in [0.5, 0.6) is 17.2 Å². The first-order valence-corrected chi connectivity index (χ1v) is 12.4. The van der Waals surface area contributed by atoms with Crippen molar-refractivity contribution in [1.82, 2.24) is 10.2 Å². The zero-order valence-corrected chi connectivity index (χ0v) is 21.1. The Morgan fingerprint density at radius 2 is 1.85 bits per heavy atom. The molecular formula is C27H25F3N2O7. The Balaban J connectivity index is 1.30. The predicted molar refractivity (Wildman–Crippen MR) is 132 cm³/mol. The zero-order chi connectivity index (χ0) is 27.9. The van der Waals surface area contributed by atoms with E-state index in [1.165, 1.54) is 12.1 Å². The average Bonchev–Trinajstić information content (AvgIpc) is 3.44. The number of amides is 3. The van der Waals surface area contributed by atoms with Gasteiger partial charge in [-0.05, 0) is 49.6 Å². The van der Waals surface area contributed by atoms with E-state index in [2.05, 4.69) is 5.32 Å². The molecule has 1 fully saturated rings. The Bertz CT molecular complexity index is 1520. The molecule has 0 spiro atoms. The van der Waals surface area contributed by atoms with Gasteiger partial charge in [-0.25, -0.2) is 9.59 Å². The molecule has 0 aliphatic carbocycles. The fourth-order valence-corrected chi connectivity index (χ4v) is 4.83. The summed E-state index contributed by atoms with van der Waals surface area (Å²) in [6.45, 7) is 3.63. The molecule has 1 aromatic heterocycles. The monoisotopic (exact) mass is 546 g/mol. The van der Waals surface area contributed by atoms with E-state index in [9.17, 15) is 27.6 Å². The highest BCUT2D eigenvalue weighted by Gasteiger charge is 2.49. The van der Waals surface area contributed by atoms with Gasteiger partial charge in [0.05, 0.1) is 12.2 Å². The number of imide groups is 1. The Morgan fingerprint density at radius 1 is 1.08 bits per heavy atom. The van der Waals surface area contributed by atoms with Gasteiger partial charge >= 0.3 is 17.8 Å². The fraction of sp³-hybridized carbons (Fsp3) is 0.370. The summed E-state index contributed by atoms with van der Waals surface area (Å²) >= 11 is 0. The Morgan fingerprint density at radius 3 is 2.59 bits per heavy atom. The molecule has 206 valence electrons. The highest BCUT2D eigenvalue weighted by atomic mass is 19.4. The number of carbonyl (C=O) groups excluding carboxylic acids is 2. The van der Waals surface area contributed by atoms with Crippen molar-refractivity contribution in [3.8, 4) is 17.2 Å². The highest BCUT2D eigenvalue weighted by Crippen LogP contribution is 2.39. The molecule has 1 unspecified atom stereocenters. The van der Waals surface area contributed by atoms with Crippen molar-refractivity contribution in [3.05, 3.63) is 63.5 Å². The molecule has 3 aromatic rings. The normalized spacial score (nSPS) is 18.6. The molecule has 1 N–H and O–H groups in total. The van der Waals surface area contributed by atoms with Crippen LogP contribution in [-0.4, -0.2) is 36.8 Å². The van der Waals surface area contributed by atoms with E-state index in [0.29, 0.717) is 41.5 Å². The minimum Gasteiger partial charge on any atom is -0.493 e. The lowest BCUT2D eigenvalue weighted by atomic mass is 9.91. The number of ether oxygens (including phenoxy) is 3. The van der Waals surface area contributed by atoms with Crippen molar-refractivity contribution >= 4 is 22.9 Å². The van der Waals surface area contributed by atoms with Crippen molar-refractivity contribution in [2.75, 3.05) is 19.9 Å². The lowest BCUT2D eigenvalue weighted by Crippen LogP contribution is -2.41. The van der Waals surface area contributed by atoms with Gasteiger partial charge in [-0.2, -0.15) is 13.2 Å². The molecule has 1 saturated heterocycles. The number of hydrogen-bond acceptors (Lipinski definition) is 7. The molecule has 12 heteroatoms. The minimum absolute atomic E-state index is 0.0504. The predicted octanol–water partition coefficient (Wildman–Crippen LogP) is 4.73. The average molecular weight is 546 g/mol. The molecule has 9 nitrogen and oxygen atoms in total. The van der Waals surface area contributed by atoms with Gasteiger partial charge in [-0.15, -0.1) is 0 Å². The van der Waals surface area contributed by atoms with Crippen LogP contribution in [0.3, 0.4) is 0 Å². The van der Waals surface area contributed by atoms with Gasteiger partial charge < -0.3 is 23.9 Å². The van der Waals surface area contributed by atoms with Gasteiger partial charge in [0.1, 0.15) is 16.9 Å². The van der Waals surface area contributed by atoms with E-state index in [1.54, 1.807) is 25.1 Å². The second kappa shape index (κ2) is 9.83. The lowest BCUT2D eigenvalue weighted by Gasteiger charge is -2.22. The van der Waals surface area contributed by atoms with E-state index >= 15 is 0 Å². The van der Waals surface area contributed by atoms with Crippen LogP contribution < -0.4 is 25.2 Å². The van der Waals surface area contributed by atoms with Gasteiger partial charge in [0, 0.05) is 23.6 Å². The number of fused-ring (bicyclic) bond motifs is 2. The first-order chi connectivity index (χ1) is 18.5. The third-order valence-electron chi connectivity index (χ3n) is 6.79. The van der Waals surface area contributed by atoms with Gasteiger partial charge in [-0.3, -0.25) is 9.69 Å². The first kappa shape index (κ1) is 26.4. The molecule has 0 bridgehead atoms. The van der Waals surface area contributed by atoms with Crippen LogP contribution in [0.15, 0.2) is 45.6 Å². The smallest absolute Gasteiger partial charge is 0.417 e. The Hall–Kier alpha value is -4.22. The largest absolute Gasteiger partial charge is 0.493 e. The van der Waals surface area contributed by atoms with E-state index in [1.807, 2.05) is 6.92 Å². The molecule has 0 radical (unpaired) electrons. The number of urea groups is 1. The summed E-state index contributed by atoms with van der Waals surface area (Å²) in [5.41, 5.74) is -2.73. The van der Waals surface area contributed by atoms with Crippen LogP contribution >= 0.6 is 0 Å². The van der Waals surface area contributed by atoms with E-state index < -0.39 is 34.8 Å². The van der Waals surface area contributed by atoms with Crippen LogP contribution in [0, 0.1) is 0 Å².